The molecule has 0 N–H and O–H groups in total. The third-order valence-electron chi connectivity index (χ3n) is 5.96. The SMILES string of the molecule is Cc1ccc2c(c1)[C@@H]1CN(C)CC[C@H]1N2C(=O)c1ccc(Cn2cc(Br)cn2)o1. The predicted octanol–water partition coefficient (Wildman–Crippen LogP) is 4.04. The molecule has 2 aromatic heterocycles. The van der Waals surface area contributed by atoms with Crippen LogP contribution in [0.4, 0.5) is 5.69 Å². The summed E-state index contributed by atoms with van der Waals surface area (Å²) in [6.07, 6.45) is 4.58. The Hall–Kier alpha value is -2.38. The zero-order valence-electron chi connectivity index (χ0n) is 16.5. The molecule has 150 valence electrons. The molecule has 0 saturated carbocycles. The minimum Gasteiger partial charge on any atom is -0.454 e. The van der Waals surface area contributed by atoms with E-state index in [-0.39, 0.29) is 11.9 Å². The second kappa shape index (κ2) is 7.15. The Morgan fingerprint density at radius 3 is 2.97 bits per heavy atom. The number of benzene rings is 1. The van der Waals surface area contributed by atoms with Crippen LogP contribution in [-0.2, 0) is 6.54 Å². The van der Waals surface area contributed by atoms with E-state index in [2.05, 4.69) is 58.1 Å². The van der Waals surface area contributed by atoms with Crippen LogP contribution < -0.4 is 4.90 Å². The number of piperidine rings is 1. The van der Waals surface area contributed by atoms with Crippen LogP contribution in [0.15, 0.2) is 51.6 Å². The van der Waals surface area contributed by atoms with Crippen LogP contribution in [0.25, 0.3) is 0 Å². The summed E-state index contributed by atoms with van der Waals surface area (Å²) in [6, 6.07) is 10.2. The standard InChI is InChI=1S/C22H23BrN4O2/c1-14-3-5-19-17(9-14)18-13-25(2)8-7-20(18)27(19)22(28)21-6-4-16(29-21)12-26-11-15(23)10-24-26/h3-6,9-11,18,20H,7-8,12-13H2,1-2H3/t18-,20+/m0/s1. The van der Waals surface area contributed by atoms with E-state index in [4.69, 9.17) is 4.42 Å². The third-order valence-corrected chi connectivity index (χ3v) is 6.37. The number of carbonyl (C=O) groups excluding carboxylic acids is 1. The average molecular weight is 455 g/mol. The summed E-state index contributed by atoms with van der Waals surface area (Å²) in [7, 11) is 2.16. The molecular weight excluding hydrogens is 432 g/mol. The topological polar surface area (TPSA) is 54.5 Å². The number of rotatable bonds is 3. The van der Waals surface area contributed by atoms with E-state index >= 15 is 0 Å². The first-order chi connectivity index (χ1) is 14.0. The van der Waals surface area contributed by atoms with E-state index in [0.717, 1.165) is 29.7 Å². The molecule has 0 spiro atoms. The Labute approximate surface area is 178 Å². The smallest absolute Gasteiger partial charge is 0.294 e. The zero-order valence-corrected chi connectivity index (χ0v) is 18.1. The van der Waals surface area contributed by atoms with Crippen molar-refractivity contribution < 1.29 is 9.21 Å². The second-order valence-corrected chi connectivity index (χ2v) is 9.00. The minimum atomic E-state index is -0.0555. The highest BCUT2D eigenvalue weighted by Crippen LogP contribution is 2.45. The van der Waals surface area contributed by atoms with Crippen molar-refractivity contribution in [2.24, 2.45) is 0 Å². The highest BCUT2D eigenvalue weighted by atomic mass is 79.9. The first-order valence-corrected chi connectivity index (χ1v) is 10.7. The Balaban J connectivity index is 1.45. The first kappa shape index (κ1) is 18.6. The third kappa shape index (κ3) is 3.32. The number of furan rings is 1. The molecule has 0 bridgehead atoms. The fourth-order valence-electron chi connectivity index (χ4n) is 4.63. The number of halogens is 1. The molecule has 1 amide bonds. The fraction of sp³-hybridized carbons (Fsp3) is 0.364. The Kier molecular flexibility index (Phi) is 4.59. The van der Waals surface area contributed by atoms with E-state index in [9.17, 15) is 4.79 Å². The number of nitrogens with zero attached hydrogens (tertiary/aromatic N) is 4. The van der Waals surface area contributed by atoms with Gasteiger partial charge in [0, 0.05) is 30.4 Å². The van der Waals surface area contributed by atoms with Gasteiger partial charge in [-0.3, -0.25) is 9.48 Å². The van der Waals surface area contributed by atoms with Gasteiger partial charge >= 0.3 is 0 Å². The molecule has 1 saturated heterocycles. The van der Waals surface area contributed by atoms with E-state index < -0.39 is 0 Å². The fourth-order valence-corrected chi connectivity index (χ4v) is 4.96. The summed E-state index contributed by atoms with van der Waals surface area (Å²) in [4.78, 5) is 17.8. The molecule has 7 heteroatoms. The molecule has 0 aliphatic carbocycles. The molecule has 3 aromatic rings. The number of anilines is 1. The van der Waals surface area contributed by atoms with Gasteiger partial charge in [-0.05, 0) is 66.6 Å². The first-order valence-electron chi connectivity index (χ1n) is 9.89. The minimum absolute atomic E-state index is 0.0555. The van der Waals surface area contributed by atoms with Gasteiger partial charge < -0.3 is 14.2 Å². The summed E-state index contributed by atoms with van der Waals surface area (Å²) in [5.74, 6) is 1.40. The summed E-state index contributed by atoms with van der Waals surface area (Å²) in [5.41, 5.74) is 3.54. The van der Waals surface area contributed by atoms with E-state index in [1.54, 1.807) is 16.9 Å². The summed E-state index contributed by atoms with van der Waals surface area (Å²) in [6.45, 7) is 4.57. The largest absolute Gasteiger partial charge is 0.454 e. The lowest BCUT2D eigenvalue weighted by Crippen LogP contribution is -2.47. The van der Waals surface area contributed by atoms with Crippen LogP contribution in [0.3, 0.4) is 0 Å². The lowest BCUT2D eigenvalue weighted by molar-refractivity contribution is 0.0935. The number of likely N-dealkylation sites (N-methyl/N-ethyl adjacent to an activating group) is 1. The van der Waals surface area contributed by atoms with Gasteiger partial charge in [-0.25, -0.2) is 0 Å². The van der Waals surface area contributed by atoms with Gasteiger partial charge in [-0.1, -0.05) is 17.7 Å². The maximum absolute atomic E-state index is 13.5. The van der Waals surface area contributed by atoms with Crippen LogP contribution in [0.5, 0.6) is 0 Å². The van der Waals surface area contributed by atoms with E-state index in [1.165, 1.54) is 11.1 Å². The lowest BCUT2D eigenvalue weighted by atomic mass is 9.89. The maximum atomic E-state index is 13.5. The lowest BCUT2D eigenvalue weighted by Gasteiger charge is -2.36. The number of hydrogen-bond donors (Lipinski definition) is 0. The molecule has 1 aromatic carbocycles. The van der Waals surface area contributed by atoms with Crippen molar-refractivity contribution in [3.63, 3.8) is 0 Å². The van der Waals surface area contributed by atoms with Crippen molar-refractivity contribution in [3.8, 4) is 0 Å². The van der Waals surface area contributed by atoms with Crippen LogP contribution >= 0.6 is 15.9 Å². The molecule has 2 aliphatic heterocycles. The highest BCUT2D eigenvalue weighted by molar-refractivity contribution is 9.10. The normalized spacial score (nSPS) is 21.3. The molecule has 2 atom stereocenters. The number of likely N-dealkylation sites (tertiary alicyclic amines) is 1. The van der Waals surface area contributed by atoms with E-state index in [1.807, 2.05) is 17.2 Å². The molecular formula is C22H23BrN4O2. The summed E-state index contributed by atoms with van der Waals surface area (Å²) < 4.78 is 8.62. The van der Waals surface area contributed by atoms with Gasteiger partial charge in [-0.15, -0.1) is 0 Å². The molecule has 0 unspecified atom stereocenters. The van der Waals surface area contributed by atoms with Crippen LogP contribution in [0.1, 0.15) is 39.8 Å². The van der Waals surface area contributed by atoms with Crippen LogP contribution in [0.2, 0.25) is 0 Å². The number of hydrogen-bond acceptors (Lipinski definition) is 4. The number of aromatic nitrogens is 2. The van der Waals surface area contributed by atoms with Gasteiger partial charge in [0.2, 0.25) is 0 Å². The number of aryl methyl sites for hydroxylation is 1. The highest BCUT2D eigenvalue weighted by Gasteiger charge is 2.44. The maximum Gasteiger partial charge on any atom is 0.294 e. The molecule has 4 heterocycles. The van der Waals surface area contributed by atoms with Crippen molar-refractivity contribution in [1.29, 1.82) is 0 Å². The Bertz CT molecular complexity index is 1070. The summed E-state index contributed by atoms with van der Waals surface area (Å²) in [5, 5.41) is 4.25. The molecule has 29 heavy (non-hydrogen) atoms. The van der Waals surface area contributed by atoms with Gasteiger partial charge in [0.25, 0.3) is 5.91 Å². The molecule has 1 fully saturated rings. The van der Waals surface area contributed by atoms with Crippen LogP contribution in [-0.4, -0.2) is 46.8 Å². The number of fused-ring (bicyclic) bond motifs is 3. The van der Waals surface area contributed by atoms with Gasteiger partial charge in [-0.2, -0.15) is 5.10 Å². The molecule has 0 radical (unpaired) electrons. The number of amides is 1. The van der Waals surface area contributed by atoms with Gasteiger partial charge in [0.15, 0.2) is 5.76 Å². The molecule has 6 nitrogen and oxygen atoms in total. The van der Waals surface area contributed by atoms with E-state index in [0.29, 0.717) is 24.0 Å². The van der Waals surface area contributed by atoms with Crippen molar-refractivity contribution in [1.82, 2.24) is 14.7 Å². The van der Waals surface area contributed by atoms with Crippen molar-refractivity contribution in [2.75, 3.05) is 25.0 Å². The molecule has 5 rings (SSSR count). The monoisotopic (exact) mass is 454 g/mol. The summed E-state index contributed by atoms with van der Waals surface area (Å²) >= 11 is 3.40. The Morgan fingerprint density at radius 2 is 2.17 bits per heavy atom. The molecule has 2 aliphatic rings. The van der Waals surface area contributed by atoms with Crippen molar-refractivity contribution in [3.05, 3.63) is 69.8 Å². The second-order valence-electron chi connectivity index (χ2n) is 8.08. The quantitative estimate of drug-likeness (QED) is 0.598. The zero-order chi connectivity index (χ0) is 20.1. The van der Waals surface area contributed by atoms with Crippen molar-refractivity contribution >= 4 is 27.5 Å². The van der Waals surface area contributed by atoms with Gasteiger partial charge in [0.05, 0.1) is 17.2 Å². The van der Waals surface area contributed by atoms with Crippen LogP contribution in [0, 0.1) is 6.92 Å². The predicted molar refractivity (Wildman–Crippen MR) is 114 cm³/mol. The van der Waals surface area contributed by atoms with Gasteiger partial charge in [0.1, 0.15) is 5.76 Å². The Morgan fingerprint density at radius 1 is 1.31 bits per heavy atom. The van der Waals surface area contributed by atoms with Crippen molar-refractivity contribution in [2.45, 2.75) is 31.8 Å². The number of carbonyl (C=O) groups is 1. The average Bonchev–Trinajstić information content (AvgIpc) is 3.39.